The summed E-state index contributed by atoms with van der Waals surface area (Å²) in [5.41, 5.74) is 6.24. The highest BCUT2D eigenvalue weighted by molar-refractivity contribution is 6.36. The number of hydrogen-bond acceptors (Lipinski definition) is 8. The number of nitrogens with one attached hydrogen (secondary N) is 1. The topological polar surface area (TPSA) is 120 Å². The Morgan fingerprint density at radius 3 is 2.55 bits per heavy atom. The predicted octanol–water partition coefficient (Wildman–Crippen LogP) is 4.11. The van der Waals surface area contributed by atoms with E-state index in [-0.39, 0.29) is 24.2 Å². The summed E-state index contributed by atoms with van der Waals surface area (Å²) in [6.07, 6.45) is 0.606. The molecule has 11 nitrogen and oxygen atoms in total. The minimum absolute atomic E-state index is 0.0360. The zero-order chi connectivity index (χ0) is 29.7. The Morgan fingerprint density at radius 2 is 1.79 bits per heavy atom. The van der Waals surface area contributed by atoms with Gasteiger partial charge >= 0.3 is 0 Å². The number of fused-ring (bicyclic) bond motifs is 2. The molecule has 42 heavy (non-hydrogen) atoms. The van der Waals surface area contributed by atoms with Crippen LogP contribution in [0.3, 0.4) is 0 Å². The van der Waals surface area contributed by atoms with Gasteiger partial charge in [-0.1, -0.05) is 35.9 Å². The van der Waals surface area contributed by atoms with Crippen molar-refractivity contribution in [3.8, 4) is 22.6 Å². The quantitative estimate of drug-likeness (QED) is 0.345. The first-order valence-electron chi connectivity index (χ1n) is 13.7. The molecule has 4 aromatic rings. The van der Waals surface area contributed by atoms with Gasteiger partial charge in [0.15, 0.2) is 5.82 Å². The molecule has 2 aliphatic heterocycles. The van der Waals surface area contributed by atoms with Crippen molar-refractivity contribution in [1.29, 1.82) is 0 Å². The van der Waals surface area contributed by atoms with Gasteiger partial charge in [0.1, 0.15) is 11.5 Å². The Morgan fingerprint density at radius 1 is 1.05 bits per heavy atom. The summed E-state index contributed by atoms with van der Waals surface area (Å²) in [5.74, 6) is 1.11. The van der Waals surface area contributed by atoms with Crippen LogP contribution in [0.5, 0.6) is 0 Å². The van der Waals surface area contributed by atoms with E-state index in [4.69, 9.17) is 21.0 Å². The van der Waals surface area contributed by atoms with Crippen LogP contribution in [0.1, 0.15) is 39.0 Å². The molecule has 6 rings (SSSR count). The fourth-order valence-corrected chi connectivity index (χ4v) is 5.87. The van der Waals surface area contributed by atoms with Crippen LogP contribution in [0.25, 0.3) is 22.6 Å². The molecule has 0 unspecified atom stereocenters. The van der Waals surface area contributed by atoms with Crippen molar-refractivity contribution in [3.63, 3.8) is 0 Å². The second-order valence-corrected chi connectivity index (χ2v) is 11.4. The van der Waals surface area contributed by atoms with Gasteiger partial charge in [0.05, 0.1) is 42.6 Å². The number of imidazole rings is 1. The number of carbonyl (C=O) groups excluding carboxylic acids is 2. The molecule has 2 N–H and O–H groups in total. The van der Waals surface area contributed by atoms with Gasteiger partial charge in [0, 0.05) is 36.8 Å². The average Bonchev–Trinajstić information content (AvgIpc) is 3.61. The summed E-state index contributed by atoms with van der Waals surface area (Å²) in [5, 5.41) is 14.4. The van der Waals surface area contributed by atoms with E-state index in [9.17, 15) is 14.8 Å². The minimum Gasteiger partial charge on any atom is -0.439 e. The molecule has 0 radical (unpaired) electrons. The van der Waals surface area contributed by atoms with E-state index in [1.165, 1.54) is 5.06 Å². The molecule has 0 spiro atoms. The van der Waals surface area contributed by atoms with Gasteiger partial charge in [-0.3, -0.25) is 9.59 Å². The van der Waals surface area contributed by atoms with Gasteiger partial charge in [-0.15, -0.1) is 0 Å². The molecule has 12 heteroatoms. The molecular weight excluding hydrogens is 558 g/mol. The molecule has 2 aliphatic rings. The molecule has 0 saturated heterocycles. The number of nitrogens with zero attached hydrogens (tertiary/aromatic N) is 6. The van der Waals surface area contributed by atoms with Crippen molar-refractivity contribution < 1.29 is 19.2 Å². The molecule has 0 saturated carbocycles. The van der Waals surface area contributed by atoms with Crippen LogP contribution < -0.4 is 5.32 Å². The Bertz CT molecular complexity index is 1690. The molecule has 0 bridgehead atoms. The lowest BCUT2D eigenvalue weighted by atomic mass is 9.96. The summed E-state index contributed by atoms with van der Waals surface area (Å²) >= 11 is 6.89. The SMILES string of the molecule is Cc1c(-c2nc3c(o2)CN(C(=O)CN(C)C)C3)cccc1-c1cccc(NC(=O)c2nc3c(n2C)CCN(O)C3)c1Cl. The molecule has 0 fully saturated rings. The van der Waals surface area contributed by atoms with E-state index >= 15 is 0 Å². The summed E-state index contributed by atoms with van der Waals surface area (Å²) in [4.78, 5) is 38.5. The van der Waals surface area contributed by atoms with Crippen molar-refractivity contribution in [2.24, 2.45) is 7.05 Å². The number of likely N-dealkylation sites (N-methyl/N-ethyl adjacent to an activating group) is 1. The number of carbonyl (C=O) groups is 2. The van der Waals surface area contributed by atoms with Crippen LogP contribution in [0.15, 0.2) is 40.8 Å². The number of halogens is 1. The van der Waals surface area contributed by atoms with Gasteiger partial charge in [-0.2, -0.15) is 5.06 Å². The molecular formula is C30H32ClN7O4. The van der Waals surface area contributed by atoms with Crippen LogP contribution in [0, 0.1) is 6.92 Å². The lowest BCUT2D eigenvalue weighted by molar-refractivity contribution is -0.132. The van der Waals surface area contributed by atoms with Crippen molar-refractivity contribution in [3.05, 3.63) is 75.7 Å². The summed E-state index contributed by atoms with van der Waals surface area (Å²) in [7, 11) is 5.54. The van der Waals surface area contributed by atoms with Crippen molar-refractivity contribution in [1.82, 2.24) is 29.4 Å². The molecule has 218 valence electrons. The molecule has 2 amide bonds. The Hall–Kier alpha value is -4.03. The number of amides is 2. The van der Waals surface area contributed by atoms with Gasteiger partial charge in [0.25, 0.3) is 5.91 Å². The van der Waals surface area contributed by atoms with Gasteiger partial charge in [-0.25, -0.2) is 9.97 Å². The summed E-state index contributed by atoms with van der Waals surface area (Å²) in [6.45, 7) is 3.92. The second kappa shape index (κ2) is 11.0. The summed E-state index contributed by atoms with van der Waals surface area (Å²) in [6, 6.07) is 11.3. The highest BCUT2D eigenvalue weighted by atomic mass is 35.5. The van der Waals surface area contributed by atoms with E-state index in [1.54, 1.807) is 22.6 Å². The second-order valence-electron chi connectivity index (χ2n) is 11.0. The van der Waals surface area contributed by atoms with E-state index in [1.807, 2.05) is 56.3 Å². The maximum atomic E-state index is 13.2. The van der Waals surface area contributed by atoms with Gasteiger partial charge in [0.2, 0.25) is 11.8 Å². The number of anilines is 1. The standard InChI is InChI=1S/C30H32ClN7O4/c1-17-18(7-5-8-19(17)30-34-23-13-37(15-25(23)42-30)26(39)16-35(2)3)20-9-6-10-21(27(20)31)33-29(40)28-32-22-14-38(41)12-11-24(22)36(28)4/h5-10,41H,11-16H2,1-4H3,(H,33,40). The highest BCUT2D eigenvalue weighted by Gasteiger charge is 2.30. The van der Waals surface area contributed by atoms with Gasteiger partial charge in [-0.05, 0) is 44.3 Å². The van der Waals surface area contributed by atoms with Gasteiger partial charge < -0.3 is 29.3 Å². The van der Waals surface area contributed by atoms with Crippen LogP contribution in [0.2, 0.25) is 5.02 Å². The minimum atomic E-state index is -0.381. The largest absolute Gasteiger partial charge is 0.439 e. The lowest BCUT2D eigenvalue weighted by Gasteiger charge is -2.19. The first kappa shape index (κ1) is 28.1. The lowest BCUT2D eigenvalue weighted by Crippen LogP contribution is -2.34. The first-order valence-corrected chi connectivity index (χ1v) is 14.1. The molecule has 2 aromatic carbocycles. The molecule has 0 atom stereocenters. The smallest absolute Gasteiger partial charge is 0.291 e. The van der Waals surface area contributed by atoms with E-state index in [0.717, 1.165) is 33.6 Å². The number of benzene rings is 2. The normalized spacial score (nSPS) is 14.8. The predicted molar refractivity (Wildman–Crippen MR) is 157 cm³/mol. The van der Waals surface area contributed by atoms with Crippen molar-refractivity contribution >= 4 is 29.1 Å². The third-order valence-corrected chi connectivity index (χ3v) is 8.20. The Balaban J connectivity index is 1.25. The third kappa shape index (κ3) is 5.09. The Labute approximate surface area is 248 Å². The number of rotatable bonds is 6. The zero-order valence-electron chi connectivity index (χ0n) is 23.9. The fraction of sp³-hybridized carbons (Fsp3) is 0.333. The fourth-order valence-electron chi connectivity index (χ4n) is 5.59. The van der Waals surface area contributed by atoms with E-state index in [0.29, 0.717) is 60.7 Å². The van der Waals surface area contributed by atoms with Crippen LogP contribution >= 0.6 is 11.6 Å². The monoisotopic (exact) mass is 589 g/mol. The van der Waals surface area contributed by atoms with Crippen LogP contribution in [0.4, 0.5) is 5.69 Å². The zero-order valence-corrected chi connectivity index (χ0v) is 24.7. The number of oxazole rings is 1. The number of hydrogen-bond donors (Lipinski definition) is 2. The summed E-state index contributed by atoms with van der Waals surface area (Å²) < 4.78 is 7.91. The van der Waals surface area contributed by atoms with Crippen LogP contribution in [-0.2, 0) is 37.9 Å². The van der Waals surface area contributed by atoms with Crippen LogP contribution in [-0.4, -0.2) is 73.6 Å². The first-order chi connectivity index (χ1) is 20.1. The molecule has 0 aliphatic carbocycles. The Kier molecular flexibility index (Phi) is 7.36. The van der Waals surface area contributed by atoms with E-state index < -0.39 is 0 Å². The van der Waals surface area contributed by atoms with Crippen molar-refractivity contribution in [2.75, 3.05) is 32.5 Å². The molecule has 4 heterocycles. The van der Waals surface area contributed by atoms with Crippen molar-refractivity contribution in [2.45, 2.75) is 33.0 Å². The number of aromatic nitrogens is 3. The third-order valence-electron chi connectivity index (χ3n) is 7.80. The number of hydroxylamine groups is 2. The maximum Gasteiger partial charge on any atom is 0.291 e. The highest BCUT2D eigenvalue weighted by Crippen LogP contribution is 2.39. The van der Waals surface area contributed by atoms with E-state index in [2.05, 4.69) is 10.3 Å². The maximum absolute atomic E-state index is 13.2. The molecule has 2 aromatic heterocycles. The average molecular weight is 590 g/mol.